The largest absolute Gasteiger partial charge is 0.369 e. The lowest BCUT2D eigenvalue weighted by atomic mass is 10.0. The summed E-state index contributed by atoms with van der Waals surface area (Å²) in [6.45, 7) is 3.08. The van der Waals surface area contributed by atoms with Crippen molar-refractivity contribution >= 4 is 28.4 Å². The number of nitrogens with one attached hydrogen (secondary N) is 2. The highest BCUT2D eigenvalue weighted by Crippen LogP contribution is 2.37. The van der Waals surface area contributed by atoms with Crippen LogP contribution in [0.4, 0.5) is 5.82 Å². The normalized spacial score (nSPS) is 15.5. The van der Waals surface area contributed by atoms with Crippen molar-refractivity contribution in [3.8, 4) is 11.6 Å². The summed E-state index contributed by atoms with van der Waals surface area (Å²) in [5.74, 6) is 2.95. The number of anilines is 1. The lowest BCUT2D eigenvalue weighted by Crippen LogP contribution is -2.11. The molecule has 0 amide bonds. The molecule has 0 radical (unpaired) electrons. The second kappa shape index (κ2) is 6.72. The first-order chi connectivity index (χ1) is 10.3. The van der Waals surface area contributed by atoms with E-state index in [1.807, 2.05) is 6.20 Å². The van der Waals surface area contributed by atoms with Gasteiger partial charge in [0.2, 0.25) is 0 Å². The third kappa shape index (κ3) is 3.20. The van der Waals surface area contributed by atoms with Crippen molar-refractivity contribution in [1.29, 1.82) is 0 Å². The number of imidazole rings is 1. The highest BCUT2D eigenvalue weighted by atomic mass is 127. The van der Waals surface area contributed by atoms with Gasteiger partial charge in [0, 0.05) is 24.9 Å². The average Bonchev–Trinajstić information content (AvgIpc) is 3.19. The first-order valence-corrected chi connectivity index (χ1v) is 8.68. The zero-order valence-electron chi connectivity index (χ0n) is 12.2. The van der Waals surface area contributed by atoms with Crippen molar-refractivity contribution in [2.45, 2.75) is 44.9 Å². The molecule has 1 aliphatic carbocycles. The van der Waals surface area contributed by atoms with Crippen LogP contribution in [0.1, 0.15) is 50.6 Å². The molecule has 112 valence electrons. The summed E-state index contributed by atoms with van der Waals surface area (Å²) in [6, 6.07) is 0. The van der Waals surface area contributed by atoms with E-state index in [9.17, 15) is 0 Å². The van der Waals surface area contributed by atoms with Gasteiger partial charge in [-0.2, -0.15) is 0 Å². The molecule has 0 aromatic carbocycles. The van der Waals surface area contributed by atoms with Gasteiger partial charge >= 0.3 is 0 Å². The molecule has 3 rings (SSSR count). The number of hydrogen-bond acceptors (Lipinski definition) is 4. The lowest BCUT2D eigenvalue weighted by molar-refractivity contribution is 0.690. The molecule has 0 unspecified atom stereocenters. The van der Waals surface area contributed by atoms with E-state index in [0.717, 1.165) is 24.6 Å². The van der Waals surface area contributed by atoms with Crippen LogP contribution in [0.25, 0.3) is 11.6 Å². The molecule has 2 heterocycles. The minimum Gasteiger partial charge on any atom is -0.369 e. The van der Waals surface area contributed by atoms with Crippen LogP contribution in [-0.2, 0) is 0 Å². The maximum atomic E-state index is 4.81. The van der Waals surface area contributed by atoms with Crippen molar-refractivity contribution in [2.75, 3.05) is 11.9 Å². The van der Waals surface area contributed by atoms with E-state index >= 15 is 0 Å². The van der Waals surface area contributed by atoms with Gasteiger partial charge in [0.25, 0.3) is 0 Å². The minimum atomic E-state index is 0.566. The zero-order valence-corrected chi connectivity index (χ0v) is 14.4. The van der Waals surface area contributed by atoms with Crippen molar-refractivity contribution in [1.82, 2.24) is 19.9 Å². The molecule has 2 aromatic rings. The maximum absolute atomic E-state index is 4.81. The molecule has 1 aliphatic rings. The molecular formula is C15H20IN5. The Bertz CT molecular complexity index is 590. The van der Waals surface area contributed by atoms with E-state index in [0.29, 0.717) is 11.7 Å². The Labute approximate surface area is 138 Å². The molecular weight excluding hydrogens is 377 g/mol. The Kier molecular flexibility index (Phi) is 4.72. The predicted octanol–water partition coefficient (Wildman–Crippen LogP) is 3.95. The summed E-state index contributed by atoms with van der Waals surface area (Å²) in [6.07, 6.45) is 9.71. The van der Waals surface area contributed by atoms with E-state index in [4.69, 9.17) is 4.98 Å². The molecule has 0 aliphatic heterocycles. The summed E-state index contributed by atoms with van der Waals surface area (Å²) < 4.78 is 1.17. The van der Waals surface area contributed by atoms with Crippen LogP contribution in [0.15, 0.2) is 12.4 Å². The third-order valence-corrected chi connectivity index (χ3v) is 4.93. The summed E-state index contributed by atoms with van der Waals surface area (Å²) in [7, 11) is 0. The summed E-state index contributed by atoms with van der Waals surface area (Å²) in [4.78, 5) is 16.9. The average molecular weight is 397 g/mol. The summed E-state index contributed by atoms with van der Waals surface area (Å²) >= 11 is 2.39. The maximum Gasteiger partial charge on any atom is 0.197 e. The molecule has 21 heavy (non-hydrogen) atoms. The van der Waals surface area contributed by atoms with Gasteiger partial charge in [0.1, 0.15) is 5.82 Å². The highest BCUT2D eigenvalue weighted by Gasteiger charge is 2.24. The lowest BCUT2D eigenvalue weighted by Gasteiger charge is -2.15. The van der Waals surface area contributed by atoms with Crippen LogP contribution in [0, 0.1) is 3.57 Å². The zero-order chi connectivity index (χ0) is 14.7. The first kappa shape index (κ1) is 14.7. The molecule has 2 aromatic heterocycles. The smallest absolute Gasteiger partial charge is 0.197 e. The topological polar surface area (TPSA) is 66.5 Å². The van der Waals surface area contributed by atoms with Crippen LogP contribution in [0.3, 0.4) is 0 Å². The van der Waals surface area contributed by atoms with Gasteiger partial charge in [-0.1, -0.05) is 19.8 Å². The van der Waals surface area contributed by atoms with Gasteiger partial charge in [-0.3, -0.25) is 0 Å². The van der Waals surface area contributed by atoms with E-state index in [2.05, 4.69) is 49.8 Å². The van der Waals surface area contributed by atoms with Crippen LogP contribution in [0.5, 0.6) is 0 Å². The fourth-order valence-electron chi connectivity index (χ4n) is 2.79. The van der Waals surface area contributed by atoms with Crippen molar-refractivity contribution in [3.63, 3.8) is 0 Å². The standard InChI is InChI=1S/C15H20IN5/c1-2-7-17-13-11(16)12(10-5-3-4-6-10)20-15(21-13)14-18-8-9-19-14/h8-10H,2-7H2,1H3,(H,18,19)(H,17,20,21). The molecule has 6 heteroatoms. The Morgan fingerprint density at radius 2 is 2.14 bits per heavy atom. The van der Waals surface area contributed by atoms with Crippen LogP contribution in [-0.4, -0.2) is 26.5 Å². The van der Waals surface area contributed by atoms with Gasteiger partial charge < -0.3 is 10.3 Å². The van der Waals surface area contributed by atoms with Crippen molar-refractivity contribution < 1.29 is 0 Å². The molecule has 2 N–H and O–H groups in total. The molecule has 5 nitrogen and oxygen atoms in total. The van der Waals surface area contributed by atoms with Crippen LogP contribution < -0.4 is 5.32 Å². The Hall–Kier alpha value is -1.18. The predicted molar refractivity (Wildman–Crippen MR) is 92.3 cm³/mol. The molecule has 1 saturated carbocycles. The van der Waals surface area contributed by atoms with Gasteiger partial charge in [0.15, 0.2) is 11.6 Å². The van der Waals surface area contributed by atoms with Gasteiger partial charge in [-0.05, 0) is 41.9 Å². The first-order valence-electron chi connectivity index (χ1n) is 7.60. The second-order valence-electron chi connectivity index (χ2n) is 5.44. The van der Waals surface area contributed by atoms with Crippen LogP contribution >= 0.6 is 22.6 Å². The fraction of sp³-hybridized carbons (Fsp3) is 0.533. The molecule has 0 atom stereocenters. The van der Waals surface area contributed by atoms with Gasteiger partial charge in [-0.15, -0.1) is 0 Å². The fourth-order valence-corrected chi connectivity index (χ4v) is 3.66. The number of hydrogen-bond donors (Lipinski definition) is 2. The number of rotatable bonds is 5. The number of aromatic amines is 1. The van der Waals surface area contributed by atoms with Gasteiger partial charge in [-0.25, -0.2) is 15.0 Å². The Morgan fingerprint density at radius 3 is 2.81 bits per heavy atom. The SMILES string of the molecule is CCCNc1nc(-c2ncc[nH]2)nc(C2CCCC2)c1I. The van der Waals surface area contributed by atoms with E-state index < -0.39 is 0 Å². The number of nitrogens with zero attached hydrogens (tertiary/aromatic N) is 3. The molecule has 0 bridgehead atoms. The summed E-state index contributed by atoms with van der Waals surface area (Å²) in [5, 5.41) is 3.43. The quantitative estimate of drug-likeness (QED) is 0.750. The summed E-state index contributed by atoms with van der Waals surface area (Å²) in [5.41, 5.74) is 1.19. The van der Waals surface area contributed by atoms with Crippen LogP contribution in [0.2, 0.25) is 0 Å². The second-order valence-corrected chi connectivity index (χ2v) is 6.52. The monoisotopic (exact) mass is 397 g/mol. The third-order valence-electron chi connectivity index (χ3n) is 3.87. The minimum absolute atomic E-state index is 0.566. The molecule has 1 fully saturated rings. The van der Waals surface area contributed by atoms with Crippen molar-refractivity contribution in [3.05, 3.63) is 21.7 Å². The number of halogens is 1. The molecule has 0 saturated heterocycles. The Balaban J connectivity index is 2.02. The van der Waals surface area contributed by atoms with E-state index in [1.165, 1.54) is 34.9 Å². The number of aromatic nitrogens is 4. The Morgan fingerprint density at radius 1 is 1.33 bits per heavy atom. The van der Waals surface area contributed by atoms with E-state index in [-0.39, 0.29) is 0 Å². The number of H-pyrrole nitrogens is 1. The van der Waals surface area contributed by atoms with E-state index in [1.54, 1.807) is 6.20 Å². The molecule has 0 spiro atoms. The highest BCUT2D eigenvalue weighted by molar-refractivity contribution is 14.1. The van der Waals surface area contributed by atoms with Gasteiger partial charge in [0.05, 0.1) is 9.26 Å². The van der Waals surface area contributed by atoms with Crippen molar-refractivity contribution in [2.24, 2.45) is 0 Å².